The molecule has 6 nitrogen and oxygen atoms in total. The predicted molar refractivity (Wildman–Crippen MR) is 63.5 cm³/mol. The van der Waals surface area contributed by atoms with Gasteiger partial charge in [0.1, 0.15) is 12.1 Å². The summed E-state index contributed by atoms with van der Waals surface area (Å²) in [4.78, 5) is 20.1. The zero-order valence-electron chi connectivity index (χ0n) is 10.1. The van der Waals surface area contributed by atoms with E-state index in [1.165, 1.54) is 12.8 Å². The molecule has 2 atom stereocenters. The Morgan fingerprint density at radius 2 is 1.65 bits per heavy atom. The van der Waals surface area contributed by atoms with Crippen LogP contribution < -0.4 is 11.5 Å². The molecule has 1 saturated carbocycles. The molecule has 0 aliphatic heterocycles. The number of carbonyl (C=O) groups is 2. The predicted octanol–water partition coefficient (Wildman–Crippen LogP) is 0.397. The van der Waals surface area contributed by atoms with Crippen molar-refractivity contribution in [3.8, 4) is 0 Å². The van der Waals surface area contributed by atoms with Crippen LogP contribution in [-0.4, -0.2) is 34.2 Å². The fourth-order valence-electron chi connectivity index (χ4n) is 1.25. The second-order valence-electron chi connectivity index (χ2n) is 4.36. The van der Waals surface area contributed by atoms with Crippen LogP contribution in [0.25, 0.3) is 0 Å². The Hall–Kier alpha value is -1.14. The molecule has 1 aliphatic carbocycles. The van der Waals surface area contributed by atoms with E-state index in [0.717, 1.165) is 6.42 Å². The molecule has 0 heterocycles. The van der Waals surface area contributed by atoms with Crippen LogP contribution >= 0.6 is 0 Å². The quantitative estimate of drug-likeness (QED) is 0.537. The lowest BCUT2D eigenvalue weighted by Crippen LogP contribution is -2.30. The van der Waals surface area contributed by atoms with Gasteiger partial charge in [0.15, 0.2) is 0 Å². The topological polar surface area (TPSA) is 127 Å². The molecule has 0 aromatic heterocycles. The first-order chi connectivity index (χ1) is 7.88. The zero-order valence-corrected chi connectivity index (χ0v) is 10.1. The Balaban J connectivity index is 0.000000304. The molecule has 0 radical (unpaired) electrons. The van der Waals surface area contributed by atoms with Crippen LogP contribution in [0, 0.1) is 5.92 Å². The van der Waals surface area contributed by atoms with Crippen molar-refractivity contribution in [2.75, 3.05) is 0 Å². The summed E-state index contributed by atoms with van der Waals surface area (Å²) >= 11 is 0. The third kappa shape index (κ3) is 8.65. The van der Waals surface area contributed by atoms with Crippen molar-refractivity contribution in [2.24, 2.45) is 17.4 Å². The SMILES string of the molecule is CCCC(N)C(=O)O.N[C@@H](CC1CC1)C(=O)O. The zero-order chi connectivity index (χ0) is 13.4. The van der Waals surface area contributed by atoms with E-state index in [0.29, 0.717) is 18.8 Å². The van der Waals surface area contributed by atoms with Crippen LogP contribution in [0.5, 0.6) is 0 Å². The largest absolute Gasteiger partial charge is 0.480 e. The van der Waals surface area contributed by atoms with Crippen LogP contribution in [0.4, 0.5) is 0 Å². The van der Waals surface area contributed by atoms with Crippen molar-refractivity contribution in [3.05, 3.63) is 0 Å². The molecule has 1 unspecified atom stereocenters. The number of aliphatic carboxylic acids is 2. The van der Waals surface area contributed by atoms with E-state index in [1.807, 2.05) is 6.92 Å². The maximum Gasteiger partial charge on any atom is 0.320 e. The van der Waals surface area contributed by atoms with Crippen molar-refractivity contribution in [3.63, 3.8) is 0 Å². The minimum absolute atomic E-state index is 0.565. The summed E-state index contributed by atoms with van der Waals surface area (Å²) in [7, 11) is 0. The van der Waals surface area contributed by atoms with Gasteiger partial charge in [-0.1, -0.05) is 26.2 Å². The maximum absolute atomic E-state index is 10.1. The Bertz CT molecular complexity index is 254. The summed E-state index contributed by atoms with van der Waals surface area (Å²) in [5, 5.41) is 16.5. The van der Waals surface area contributed by atoms with E-state index in [-0.39, 0.29) is 0 Å². The molecule has 100 valence electrons. The lowest BCUT2D eigenvalue weighted by Gasteiger charge is -2.02. The first kappa shape index (κ1) is 15.9. The van der Waals surface area contributed by atoms with Gasteiger partial charge in [0, 0.05) is 0 Å². The standard InChI is InChI=1S/C6H11NO2.C5H11NO2/c7-5(6(8)9)3-4-1-2-4;1-2-3-4(6)5(7)8/h4-5H,1-3,7H2,(H,8,9);4H,2-3,6H2,1H3,(H,7,8)/t5-;/m0./s1. The molecule has 0 bridgehead atoms. The van der Waals surface area contributed by atoms with Gasteiger partial charge in [-0.2, -0.15) is 0 Å². The Labute approximate surface area is 101 Å². The van der Waals surface area contributed by atoms with Crippen molar-refractivity contribution in [2.45, 2.75) is 51.1 Å². The normalized spacial score (nSPS) is 17.6. The molecule has 6 heteroatoms. The Kier molecular flexibility index (Phi) is 7.49. The molecule has 0 spiro atoms. The average molecular weight is 246 g/mol. The van der Waals surface area contributed by atoms with E-state index >= 15 is 0 Å². The molecular formula is C11H22N2O4. The van der Waals surface area contributed by atoms with Gasteiger partial charge >= 0.3 is 11.9 Å². The molecule has 0 saturated heterocycles. The lowest BCUT2D eigenvalue weighted by molar-refractivity contribution is -0.139. The highest BCUT2D eigenvalue weighted by molar-refractivity contribution is 5.73. The van der Waals surface area contributed by atoms with E-state index in [4.69, 9.17) is 21.7 Å². The van der Waals surface area contributed by atoms with Crippen LogP contribution in [-0.2, 0) is 9.59 Å². The van der Waals surface area contributed by atoms with E-state index < -0.39 is 24.0 Å². The van der Waals surface area contributed by atoms with E-state index in [9.17, 15) is 9.59 Å². The number of rotatable bonds is 6. The minimum Gasteiger partial charge on any atom is -0.480 e. The smallest absolute Gasteiger partial charge is 0.320 e. The Morgan fingerprint density at radius 1 is 1.18 bits per heavy atom. The second-order valence-corrected chi connectivity index (χ2v) is 4.36. The molecule has 1 rings (SSSR count). The Morgan fingerprint density at radius 3 is 1.88 bits per heavy atom. The first-order valence-corrected chi connectivity index (χ1v) is 5.85. The fraction of sp³-hybridized carbons (Fsp3) is 0.818. The van der Waals surface area contributed by atoms with Gasteiger partial charge < -0.3 is 21.7 Å². The van der Waals surface area contributed by atoms with Gasteiger partial charge in [0.05, 0.1) is 0 Å². The summed E-state index contributed by atoms with van der Waals surface area (Å²) in [6.07, 6.45) is 4.39. The van der Waals surface area contributed by atoms with Crippen molar-refractivity contribution in [1.29, 1.82) is 0 Å². The number of carboxylic acid groups (broad SMARTS) is 2. The first-order valence-electron chi connectivity index (χ1n) is 5.85. The van der Waals surface area contributed by atoms with Crippen molar-refractivity contribution >= 4 is 11.9 Å². The van der Waals surface area contributed by atoms with Gasteiger partial charge in [-0.3, -0.25) is 9.59 Å². The highest BCUT2D eigenvalue weighted by Crippen LogP contribution is 2.32. The van der Waals surface area contributed by atoms with Crippen LogP contribution in [0.15, 0.2) is 0 Å². The van der Waals surface area contributed by atoms with E-state index in [1.54, 1.807) is 0 Å². The molecule has 6 N–H and O–H groups in total. The van der Waals surface area contributed by atoms with Crippen LogP contribution in [0.3, 0.4) is 0 Å². The molecule has 0 aromatic rings. The van der Waals surface area contributed by atoms with Crippen LogP contribution in [0.1, 0.15) is 39.0 Å². The van der Waals surface area contributed by atoms with Gasteiger partial charge in [-0.05, 0) is 18.8 Å². The van der Waals surface area contributed by atoms with Gasteiger partial charge in [0.25, 0.3) is 0 Å². The second kappa shape index (κ2) is 8.03. The van der Waals surface area contributed by atoms with E-state index in [2.05, 4.69) is 0 Å². The monoisotopic (exact) mass is 246 g/mol. The molecular weight excluding hydrogens is 224 g/mol. The molecule has 1 fully saturated rings. The third-order valence-corrected chi connectivity index (χ3v) is 2.52. The molecule has 17 heavy (non-hydrogen) atoms. The van der Waals surface area contributed by atoms with Gasteiger partial charge in [-0.25, -0.2) is 0 Å². The van der Waals surface area contributed by atoms with Gasteiger partial charge in [0.2, 0.25) is 0 Å². The minimum atomic E-state index is -0.910. The fourth-order valence-corrected chi connectivity index (χ4v) is 1.25. The van der Waals surface area contributed by atoms with Crippen molar-refractivity contribution in [1.82, 2.24) is 0 Å². The third-order valence-electron chi connectivity index (χ3n) is 2.52. The molecule has 0 amide bonds. The molecule has 0 aromatic carbocycles. The summed E-state index contributed by atoms with van der Waals surface area (Å²) in [6.45, 7) is 1.91. The number of hydrogen-bond acceptors (Lipinski definition) is 4. The summed E-state index contributed by atoms with van der Waals surface area (Å²) < 4.78 is 0. The molecule has 1 aliphatic rings. The summed E-state index contributed by atoms with van der Waals surface area (Å²) in [5.74, 6) is -1.18. The van der Waals surface area contributed by atoms with Crippen LogP contribution in [0.2, 0.25) is 0 Å². The highest BCUT2D eigenvalue weighted by atomic mass is 16.4. The number of carboxylic acids is 2. The van der Waals surface area contributed by atoms with Crippen molar-refractivity contribution < 1.29 is 19.8 Å². The van der Waals surface area contributed by atoms with Gasteiger partial charge in [-0.15, -0.1) is 0 Å². The number of hydrogen-bond donors (Lipinski definition) is 4. The average Bonchev–Trinajstić information content (AvgIpc) is 3.02. The lowest BCUT2D eigenvalue weighted by atomic mass is 10.1. The maximum atomic E-state index is 10.1. The highest BCUT2D eigenvalue weighted by Gasteiger charge is 2.26. The summed E-state index contributed by atoms with van der Waals surface area (Å²) in [5.41, 5.74) is 10.4. The summed E-state index contributed by atoms with van der Waals surface area (Å²) in [6, 6.07) is -1.29. The number of nitrogens with two attached hydrogens (primary N) is 2.